The quantitative estimate of drug-likeness (QED) is 0.721. The van der Waals surface area contributed by atoms with Gasteiger partial charge in [0.15, 0.2) is 0 Å². The van der Waals surface area contributed by atoms with Crippen LogP contribution in [0.4, 0.5) is 10.5 Å². The molecule has 0 bridgehead atoms. The molecule has 1 rings (SSSR count). The largest absolute Gasteiger partial charge is 0.481 e. The second-order valence-corrected chi connectivity index (χ2v) is 5.45. The number of aliphatic carboxylic acids is 1. The van der Waals surface area contributed by atoms with Crippen molar-refractivity contribution >= 4 is 17.7 Å². The third-order valence-corrected chi connectivity index (χ3v) is 3.63. The molecule has 0 heterocycles. The molecule has 0 aliphatic carbocycles. The minimum absolute atomic E-state index is 0.176. The lowest BCUT2D eigenvalue weighted by atomic mass is 10.0. The van der Waals surface area contributed by atoms with E-state index in [0.717, 1.165) is 23.2 Å². The van der Waals surface area contributed by atoms with Gasteiger partial charge in [-0.3, -0.25) is 4.79 Å². The van der Waals surface area contributed by atoms with Crippen molar-refractivity contribution in [3.05, 3.63) is 29.3 Å². The Bertz CT molecular complexity index is 500. The highest BCUT2D eigenvalue weighted by atomic mass is 16.4. The molecule has 1 aromatic carbocycles. The van der Waals surface area contributed by atoms with Crippen LogP contribution in [-0.2, 0) is 4.79 Å². The highest BCUT2D eigenvalue weighted by Gasteiger charge is 2.08. The number of nitrogens with one attached hydrogen (secondary N) is 2. The van der Waals surface area contributed by atoms with Crippen LogP contribution in [-0.4, -0.2) is 23.7 Å². The molecule has 5 nitrogen and oxygen atoms in total. The number of urea groups is 1. The van der Waals surface area contributed by atoms with Crippen LogP contribution < -0.4 is 10.6 Å². The van der Waals surface area contributed by atoms with Crippen molar-refractivity contribution in [1.29, 1.82) is 0 Å². The lowest BCUT2D eigenvalue weighted by Gasteiger charge is -2.13. The summed E-state index contributed by atoms with van der Waals surface area (Å²) in [5, 5.41) is 14.2. The Morgan fingerprint density at radius 1 is 1.24 bits per heavy atom. The first-order chi connectivity index (χ1) is 9.90. The van der Waals surface area contributed by atoms with Gasteiger partial charge >= 0.3 is 12.0 Å². The molecule has 0 fully saturated rings. The van der Waals surface area contributed by atoms with E-state index in [0.29, 0.717) is 13.0 Å². The summed E-state index contributed by atoms with van der Waals surface area (Å²) in [6.07, 6.45) is 1.58. The SMILES string of the molecule is Cc1cccc(NC(=O)NCCC(C)CCC(=O)O)c1C. The zero-order chi connectivity index (χ0) is 15.8. The van der Waals surface area contributed by atoms with Gasteiger partial charge in [-0.1, -0.05) is 19.1 Å². The zero-order valence-corrected chi connectivity index (χ0v) is 12.9. The summed E-state index contributed by atoms with van der Waals surface area (Å²) in [5.41, 5.74) is 3.00. The molecule has 2 amide bonds. The summed E-state index contributed by atoms with van der Waals surface area (Å²) >= 11 is 0. The van der Waals surface area contributed by atoms with Gasteiger partial charge in [0.2, 0.25) is 0 Å². The summed E-state index contributed by atoms with van der Waals surface area (Å²) in [4.78, 5) is 22.3. The topological polar surface area (TPSA) is 78.4 Å². The highest BCUT2D eigenvalue weighted by Crippen LogP contribution is 2.17. The molecule has 0 aliphatic rings. The van der Waals surface area contributed by atoms with Crippen molar-refractivity contribution in [2.45, 2.75) is 40.0 Å². The Morgan fingerprint density at radius 2 is 1.95 bits per heavy atom. The predicted molar refractivity (Wildman–Crippen MR) is 83.6 cm³/mol. The standard InChI is InChI=1S/C16H24N2O3/c1-11(7-8-15(19)20)9-10-17-16(21)18-14-6-4-5-12(2)13(14)3/h4-6,11H,7-10H2,1-3H3,(H,19,20)(H2,17,18,21). The molecule has 1 aromatic rings. The van der Waals surface area contributed by atoms with Crippen LogP contribution in [0.25, 0.3) is 0 Å². The van der Waals surface area contributed by atoms with E-state index >= 15 is 0 Å². The number of hydrogen-bond donors (Lipinski definition) is 3. The van der Waals surface area contributed by atoms with E-state index in [1.54, 1.807) is 0 Å². The Balaban J connectivity index is 2.31. The van der Waals surface area contributed by atoms with Gasteiger partial charge < -0.3 is 15.7 Å². The lowest BCUT2D eigenvalue weighted by Crippen LogP contribution is -2.30. The Morgan fingerprint density at radius 3 is 2.62 bits per heavy atom. The average molecular weight is 292 g/mol. The summed E-state index contributed by atoms with van der Waals surface area (Å²) in [7, 11) is 0. The van der Waals surface area contributed by atoms with Gasteiger partial charge in [0.25, 0.3) is 0 Å². The van der Waals surface area contributed by atoms with E-state index in [9.17, 15) is 9.59 Å². The molecule has 0 aliphatic heterocycles. The fourth-order valence-corrected chi connectivity index (χ4v) is 2.00. The molecule has 0 saturated heterocycles. The molecule has 0 spiro atoms. The third kappa shape index (κ3) is 6.29. The molecule has 116 valence electrons. The summed E-state index contributed by atoms with van der Waals surface area (Å²) in [6.45, 7) is 6.51. The summed E-state index contributed by atoms with van der Waals surface area (Å²) in [6, 6.07) is 5.56. The number of benzene rings is 1. The molecule has 3 N–H and O–H groups in total. The van der Waals surface area contributed by atoms with Crippen LogP contribution in [0.3, 0.4) is 0 Å². The maximum Gasteiger partial charge on any atom is 0.319 e. The second-order valence-electron chi connectivity index (χ2n) is 5.45. The average Bonchev–Trinajstić information content (AvgIpc) is 2.41. The van der Waals surface area contributed by atoms with Gasteiger partial charge in [-0.2, -0.15) is 0 Å². The normalized spacial score (nSPS) is 11.8. The fraction of sp³-hybridized carbons (Fsp3) is 0.500. The first-order valence-corrected chi connectivity index (χ1v) is 7.23. The van der Waals surface area contributed by atoms with Crippen LogP contribution in [0.5, 0.6) is 0 Å². The monoisotopic (exact) mass is 292 g/mol. The lowest BCUT2D eigenvalue weighted by molar-refractivity contribution is -0.137. The van der Waals surface area contributed by atoms with Crippen LogP contribution in [0.1, 0.15) is 37.3 Å². The number of aryl methyl sites for hydroxylation is 1. The number of carboxylic acids is 1. The Hall–Kier alpha value is -2.04. The van der Waals surface area contributed by atoms with Gasteiger partial charge in [0.05, 0.1) is 0 Å². The van der Waals surface area contributed by atoms with Crippen molar-refractivity contribution in [3.8, 4) is 0 Å². The number of amides is 2. The van der Waals surface area contributed by atoms with Gasteiger partial charge in [-0.05, 0) is 49.8 Å². The van der Waals surface area contributed by atoms with E-state index in [1.165, 1.54) is 0 Å². The number of anilines is 1. The molecule has 1 atom stereocenters. The molecular formula is C16H24N2O3. The van der Waals surface area contributed by atoms with E-state index < -0.39 is 5.97 Å². The van der Waals surface area contributed by atoms with Crippen LogP contribution in [0, 0.1) is 19.8 Å². The highest BCUT2D eigenvalue weighted by molar-refractivity contribution is 5.90. The van der Waals surface area contributed by atoms with Gasteiger partial charge in [0, 0.05) is 18.7 Å². The third-order valence-electron chi connectivity index (χ3n) is 3.63. The van der Waals surface area contributed by atoms with E-state index in [2.05, 4.69) is 10.6 Å². The Labute approximate surface area is 125 Å². The van der Waals surface area contributed by atoms with Crippen molar-refractivity contribution in [2.75, 3.05) is 11.9 Å². The Kier molecular flexibility index (Phi) is 6.72. The molecule has 0 radical (unpaired) electrons. The first-order valence-electron chi connectivity index (χ1n) is 7.23. The number of carbonyl (C=O) groups excluding carboxylic acids is 1. The maximum atomic E-state index is 11.8. The molecule has 0 saturated carbocycles. The van der Waals surface area contributed by atoms with Gasteiger partial charge in [-0.25, -0.2) is 4.79 Å². The number of hydrogen-bond acceptors (Lipinski definition) is 2. The van der Waals surface area contributed by atoms with Crippen LogP contribution >= 0.6 is 0 Å². The second kappa shape index (κ2) is 8.29. The number of carbonyl (C=O) groups is 2. The smallest absolute Gasteiger partial charge is 0.319 e. The van der Waals surface area contributed by atoms with Gasteiger partial charge in [0.1, 0.15) is 0 Å². The maximum absolute atomic E-state index is 11.8. The molecule has 21 heavy (non-hydrogen) atoms. The van der Waals surface area contributed by atoms with E-state index in [1.807, 2.05) is 39.0 Å². The molecule has 0 aromatic heterocycles. The number of rotatable bonds is 7. The van der Waals surface area contributed by atoms with E-state index in [4.69, 9.17) is 5.11 Å². The predicted octanol–water partition coefficient (Wildman–Crippen LogP) is 3.32. The van der Waals surface area contributed by atoms with E-state index in [-0.39, 0.29) is 18.4 Å². The summed E-state index contributed by atoms with van der Waals surface area (Å²) < 4.78 is 0. The summed E-state index contributed by atoms with van der Waals surface area (Å²) in [5.74, 6) is -0.496. The van der Waals surface area contributed by atoms with Crippen molar-refractivity contribution in [2.24, 2.45) is 5.92 Å². The number of carboxylic acid groups (broad SMARTS) is 1. The van der Waals surface area contributed by atoms with Crippen molar-refractivity contribution in [1.82, 2.24) is 5.32 Å². The molecule has 1 unspecified atom stereocenters. The molecular weight excluding hydrogens is 268 g/mol. The van der Waals surface area contributed by atoms with Crippen molar-refractivity contribution in [3.63, 3.8) is 0 Å². The zero-order valence-electron chi connectivity index (χ0n) is 12.9. The van der Waals surface area contributed by atoms with Crippen LogP contribution in [0.2, 0.25) is 0 Å². The van der Waals surface area contributed by atoms with Gasteiger partial charge in [-0.15, -0.1) is 0 Å². The molecule has 5 heteroatoms. The minimum atomic E-state index is -0.775. The van der Waals surface area contributed by atoms with Crippen molar-refractivity contribution < 1.29 is 14.7 Å². The van der Waals surface area contributed by atoms with Crippen LogP contribution in [0.15, 0.2) is 18.2 Å². The fourth-order valence-electron chi connectivity index (χ4n) is 2.00. The minimum Gasteiger partial charge on any atom is -0.481 e. The first kappa shape index (κ1) is 17.0.